The van der Waals surface area contributed by atoms with Crippen LogP contribution in [0, 0.1) is 0 Å². The van der Waals surface area contributed by atoms with Gasteiger partial charge in [-0.3, -0.25) is 9.59 Å². The standard InChI is InChI=1S/C10H14N4O2S/c1-6(11)9-13-7(5-17-9)10(16)14-3-2-12-8(15)4-14/h5-6H,2-4,11H2,1H3,(H,12,15). The molecule has 0 spiro atoms. The van der Waals surface area contributed by atoms with Crippen LogP contribution in [0.1, 0.15) is 28.5 Å². The molecule has 0 bridgehead atoms. The third-order valence-corrected chi connectivity index (χ3v) is 3.50. The number of piperazine rings is 1. The topological polar surface area (TPSA) is 88.3 Å². The van der Waals surface area contributed by atoms with Crippen LogP contribution in [-0.4, -0.2) is 41.3 Å². The van der Waals surface area contributed by atoms with E-state index in [1.807, 2.05) is 6.92 Å². The van der Waals surface area contributed by atoms with Crippen molar-refractivity contribution in [2.24, 2.45) is 5.73 Å². The van der Waals surface area contributed by atoms with Gasteiger partial charge in [0.2, 0.25) is 5.91 Å². The van der Waals surface area contributed by atoms with Crippen molar-refractivity contribution >= 4 is 23.2 Å². The second kappa shape index (κ2) is 4.80. The summed E-state index contributed by atoms with van der Waals surface area (Å²) in [6.45, 7) is 2.94. The molecule has 1 fully saturated rings. The van der Waals surface area contributed by atoms with Crippen LogP contribution < -0.4 is 11.1 Å². The van der Waals surface area contributed by atoms with E-state index >= 15 is 0 Å². The minimum Gasteiger partial charge on any atom is -0.353 e. The number of hydrogen-bond acceptors (Lipinski definition) is 5. The molecule has 0 radical (unpaired) electrons. The van der Waals surface area contributed by atoms with Crippen LogP contribution in [0.15, 0.2) is 5.38 Å². The lowest BCUT2D eigenvalue weighted by Crippen LogP contribution is -2.50. The van der Waals surface area contributed by atoms with Crippen molar-refractivity contribution in [1.29, 1.82) is 0 Å². The van der Waals surface area contributed by atoms with Gasteiger partial charge < -0.3 is 16.0 Å². The highest BCUT2D eigenvalue weighted by Crippen LogP contribution is 2.17. The van der Waals surface area contributed by atoms with Crippen LogP contribution >= 0.6 is 11.3 Å². The molecule has 0 aromatic carbocycles. The maximum atomic E-state index is 12.0. The average molecular weight is 254 g/mol. The molecule has 2 amide bonds. The largest absolute Gasteiger partial charge is 0.353 e. The Morgan fingerprint density at radius 1 is 1.71 bits per heavy atom. The number of aromatic nitrogens is 1. The van der Waals surface area contributed by atoms with Gasteiger partial charge in [-0.15, -0.1) is 11.3 Å². The SMILES string of the molecule is CC(N)c1nc(C(=O)N2CCNC(=O)C2)cs1. The smallest absolute Gasteiger partial charge is 0.273 e. The molecule has 1 unspecified atom stereocenters. The number of carbonyl (C=O) groups is 2. The molecule has 6 nitrogen and oxygen atoms in total. The van der Waals surface area contributed by atoms with Crippen LogP contribution in [0.5, 0.6) is 0 Å². The summed E-state index contributed by atoms with van der Waals surface area (Å²) in [5, 5.41) is 5.09. The van der Waals surface area contributed by atoms with Crippen LogP contribution in [0.3, 0.4) is 0 Å². The Bertz CT molecular complexity index is 443. The van der Waals surface area contributed by atoms with Crippen LogP contribution in [-0.2, 0) is 4.79 Å². The number of hydrogen-bond donors (Lipinski definition) is 2. The molecular formula is C10H14N4O2S. The zero-order chi connectivity index (χ0) is 12.4. The summed E-state index contributed by atoms with van der Waals surface area (Å²) >= 11 is 1.37. The van der Waals surface area contributed by atoms with Gasteiger partial charge >= 0.3 is 0 Å². The quantitative estimate of drug-likeness (QED) is 0.760. The van der Waals surface area contributed by atoms with Gasteiger partial charge in [0.25, 0.3) is 5.91 Å². The normalized spacial score (nSPS) is 17.8. The van der Waals surface area contributed by atoms with E-state index in [2.05, 4.69) is 10.3 Å². The highest BCUT2D eigenvalue weighted by molar-refractivity contribution is 7.09. The zero-order valence-electron chi connectivity index (χ0n) is 9.47. The lowest BCUT2D eigenvalue weighted by Gasteiger charge is -2.25. The van der Waals surface area contributed by atoms with Crippen molar-refractivity contribution in [2.75, 3.05) is 19.6 Å². The highest BCUT2D eigenvalue weighted by atomic mass is 32.1. The third kappa shape index (κ3) is 2.62. The molecule has 7 heteroatoms. The molecule has 3 N–H and O–H groups in total. The summed E-state index contributed by atoms with van der Waals surface area (Å²) in [5.74, 6) is -0.338. The zero-order valence-corrected chi connectivity index (χ0v) is 10.3. The predicted molar refractivity (Wildman–Crippen MR) is 63.6 cm³/mol. The van der Waals surface area contributed by atoms with Crippen LogP contribution in [0.25, 0.3) is 0 Å². The van der Waals surface area contributed by atoms with E-state index in [4.69, 9.17) is 5.73 Å². The first-order valence-electron chi connectivity index (χ1n) is 5.35. The maximum Gasteiger partial charge on any atom is 0.273 e. The van der Waals surface area contributed by atoms with Crippen LogP contribution in [0.2, 0.25) is 0 Å². The number of nitrogens with zero attached hydrogens (tertiary/aromatic N) is 2. The fourth-order valence-electron chi connectivity index (χ4n) is 1.57. The molecular weight excluding hydrogens is 240 g/mol. The summed E-state index contributed by atoms with van der Waals surface area (Å²) in [7, 11) is 0. The van der Waals surface area contributed by atoms with Crippen molar-refractivity contribution in [3.63, 3.8) is 0 Å². The van der Waals surface area contributed by atoms with Gasteiger partial charge in [0.1, 0.15) is 10.7 Å². The van der Waals surface area contributed by atoms with E-state index in [1.165, 1.54) is 16.2 Å². The highest BCUT2D eigenvalue weighted by Gasteiger charge is 2.24. The Balaban J connectivity index is 2.10. The summed E-state index contributed by atoms with van der Waals surface area (Å²) in [6, 6.07) is -0.175. The fraction of sp³-hybridized carbons (Fsp3) is 0.500. The van der Waals surface area contributed by atoms with E-state index in [1.54, 1.807) is 5.38 Å². The number of rotatable bonds is 2. The Hall–Kier alpha value is -1.47. The second-order valence-electron chi connectivity index (χ2n) is 3.94. The molecule has 1 aromatic rings. The Morgan fingerprint density at radius 2 is 2.47 bits per heavy atom. The van der Waals surface area contributed by atoms with Crippen molar-refractivity contribution in [3.8, 4) is 0 Å². The molecule has 0 aliphatic carbocycles. The molecule has 1 aliphatic rings. The average Bonchev–Trinajstić information content (AvgIpc) is 2.77. The first kappa shape index (κ1) is 12.0. The fourth-order valence-corrected chi connectivity index (χ4v) is 2.32. The van der Waals surface area contributed by atoms with E-state index in [-0.39, 0.29) is 24.4 Å². The monoisotopic (exact) mass is 254 g/mol. The predicted octanol–water partition coefficient (Wildman–Crippen LogP) is -0.265. The van der Waals surface area contributed by atoms with Gasteiger partial charge in [-0.2, -0.15) is 0 Å². The van der Waals surface area contributed by atoms with E-state index < -0.39 is 0 Å². The van der Waals surface area contributed by atoms with Gasteiger partial charge in [0.15, 0.2) is 0 Å². The van der Waals surface area contributed by atoms with Crippen molar-refractivity contribution < 1.29 is 9.59 Å². The minimum absolute atomic E-state index is 0.101. The van der Waals surface area contributed by atoms with E-state index in [0.29, 0.717) is 18.8 Å². The van der Waals surface area contributed by atoms with Gasteiger partial charge in [-0.05, 0) is 6.92 Å². The molecule has 0 saturated carbocycles. The summed E-state index contributed by atoms with van der Waals surface area (Å²) in [5.41, 5.74) is 6.06. The molecule has 92 valence electrons. The summed E-state index contributed by atoms with van der Waals surface area (Å²) in [4.78, 5) is 28.9. The summed E-state index contributed by atoms with van der Waals surface area (Å²) in [6.07, 6.45) is 0. The molecule has 1 aromatic heterocycles. The van der Waals surface area contributed by atoms with E-state index in [0.717, 1.165) is 5.01 Å². The molecule has 2 heterocycles. The Kier molecular flexibility index (Phi) is 3.39. The van der Waals surface area contributed by atoms with Gasteiger partial charge in [-0.1, -0.05) is 0 Å². The second-order valence-corrected chi connectivity index (χ2v) is 4.83. The number of nitrogens with one attached hydrogen (secondary N) is 1. The molecule has 17 heavy (non-hydrogen) atoms. The van der Waals surface area contributed by atoms with E-state index in [9.17, 15) is 9.59 Å². The molecule has 1 atom stereocenters. The maximum absolute atomic E-state index is 12.0. The number of amides is 2. The molecule has 2 rings (SSSR count). The van der Waals surface area contributed by atoms with Gasteiger partial charge in [0.05, 0.1) is 12.6 Å². The first-order chi connectivity index (χ1) is 8.08. The van der Waals surface area contributed by atoms with Gasteiger partial charge in [0, 0.05) is 18.5 Å². The van der Waals surface area contributed by atoms with Crippen LogP contribution in [0.4, 0.5) is 0 Å². The molecule has 1 aliphatic heterocycles. The number of thiazole rings is 1. The Morgan fingerprint density at radius 3 is 3.06 bits per heavy atom. The third-order valence-electron chi connectivity index (χ3n) is 2.46. The first-order valence-corrected chi connectivity index (χ1v) is 6.23. The minimum atomic E-state index is -0.206. The Labute approximate surface area is 103 Å². The summed E-state index contributed by atoms with van der Waals surface area (Å²) < 4.78 is 0. The number of carbonyl (C=O) groups excluding carboxylic acids is 2. The van der Waals surface area contributed by atoms with Crippen molar-refractivity contribution in [2.45, 2.75) is 13.0 Å². The van der Waals surface area contributed by atoms with Crippen molar-refractivity contribution in [3.05, 3.63) is 16.1 Å². The lowest BCUT2D eigenvalue weighted by atomic mass is 10.3. The van der Waals surface area contributed by atoms with Gasteiger partial charge in [-0.25, -0.2) is 4.98 Å². The molecule has 1 saturated heterocycles. The van der Waals surface area contributed by atoms with Crippen molar-refractivity contribution in [1.82, 2.24) is 15.2 Å². The lowest BCUT2D eigenvalue weighted by molar-refractivity contribution is -0.123. The number of nitrogens with two attached hydrogens (primary N) is 1.